The zero-order chi connectivity index (χ0) is 34.3. The predicted octanol–water partition coefficient (Wildman–Crippen LogP) is 1.13. The number of nitro groups is 1. The molecule has 0 radical (unpaired) electrons. The number of ether oxygens (including phenoxy) is 3. The van der Waals surface area contributed by atoms with Crippen LogP contribution >= 0.6 is 0 Å². The van der Waals surface area contributed by atoms with Crippen LogP contribution in [0.25, 0.3) is 0 Å². The van der Waals surface area contributed by atoms with Crippen LogP contribution in [0.4, 0.5) is 17.5 Å². The lowest BCUT2D eigenvalue weighted by atomic mass is 9.84. The molecule has 4 rings (SSSR count). The summed E-state index contributed by atoms with van der Waals surface area (Å²) in [6.07, 6.45) is 6.06. The van der Waals surface area contributed by atoms with Crippen LogP contribution in [0, 0.1) is 16.0 Å². The number of H-pyrrole nitrogens is 3. The van der Waals surface area contributed by atoms with Gasteiger partial charge in [-0.15, -0.1) is 5.10 Å². The second-order valence-electron chi connectivity index (χ2n) is 10.9. The lowest BCUT2D eigenvalue weighted by Gasteiger charge is -2.28. The summed E-state index contributed by atoms with van der Waals surface area (Å²) < 4.78 is 16.3. The van der Waals surface area contributed by atoms with Gasteiger partial charge in [0.25, 0.3) is 17.7 Å². The van der Waals surface area contributed by atoms with Crippen molar-refractivity contribution in [3.8, 4) is 0 Å². The van der Waals surface area contributed by atoms with Crippen molar-refractivity contribution in [2.75, 3.05) is 56.8 Å². The fourth-order valence-corrected chi connectivity index (χ4v) is 4.87. The highest BCUT2D eigenvalue weighted by Crippen LogP contribution is 2.26. The fraction of sp³-hybridized carbons (Fsp3) is 0.536. The van der Waals surface area contributed by atoms with Crippen molar-refractivity contribution in [1.82, 2.24) is 41.2 Å². The number of anilines is 2. The van der Waals surface area contributed by atoms with E-state index in [9.17, 15) is 29.3 Å². The molecule has 0 spiro atoms. The molecule has 260 valence electrons. The molecule has 1 atom stereocenters. The van der Waals surface area contributed by atoms with Crippen molar-refractivity contribution in [2.45, 2.75) is 45.1 Å². The molecule has 1 unspecified atom stereocenters. The molecule has 3 aromatic heterocycles. The SMILES string of the molecule is CC(NC(=O)COCCOCCOCCNC(=O)c1cc(NC(=O)c2cc(NC(=O)c3cc([N+](=O)[O-])[nH]n3)n[nH]2)n[nH]1)C1CCCCC1. The Morgan fingerprint density at radius 2 is 1.44 bits per heavy atom. The van der Waals surface area contributed by atoms with Gasteiger partial charge in [0.15, 0.2) is 17.3 Å². The van der Waals surface area contributed by atoms with Gasteiger partial charge in [0.2, 0.25) is 5.91 Å². The summed E-state index contributed by atoms with van der Waals surface area (Å²) in [5.41, 5.74) is -0.187. The quantitative estimate of drug-likeness (QED) is 0.0536. The predicted molar refractivity (Wildman–Crippen MR) is 167 cm³/mol. The first kappa shape index (κ1) is 35.6. The minimum atomic E-state index is -0.780. The Bertz CT molecular complexity index is 1530. The van der Waals surface area contributed by atoms with E-state index < -0.39 is 28.5 Å². The van der Waals surface area contributed by atoms with Crippen molar-refractivity contribution in [1.29, 1.82) is 0 Å². The molecule has 7 N–H and O–H groups in total. The standard InChI is InChI=1S/C28H39N11O9/c1-17(18-5-3-2-4-6-18)30-25(40)16-48-12-11-47-10-9-46-8-7-29-26(41)19-13-22(36-33-19)31-27(42)20-14-23(37-34-20)32-28(43)21-15-24(38-35-21)39(44)45/h13-15,17-18H,2-12,16H2,1H3,(H,29,41)(H,30,40)(H,35,38)(H2,31,33,36,42)(H2,32,34,37,43). The van der Waals surface area contributed by atoms with E-state index in [0.717, 1.165) is 18.9 Å². The molecule has 3 heterocycles. The molecule has 1 aliphatic rings. The van der Waals surface area contributed by atoms with Gasteiger partial charge in [-0.2, -0.15) is 10.2 Å². The number of rotatable bonds is 19. The van der Waals surface area contributed by atoms with E-state index in [2.05, 4.69) is 58.8 Å². The normalized spacial score (nSPS) is 13.9. The number of hydrogen-bond acceptors (Lipinski definition) is 12. The molecule has 20 heteroatoms. The molecule has 0 aromatic carbocycles. The lowest BCUT2D eigenvalue weighted by molar-refractivity contribution is -0.389. The van der Waals surface area contributed by atoms with Gasteiger partial charge in [0.1, 0.15) is 18.0 Å². The topological polar surface area (TPSA) is 273 Å². The molecule has 48 heavy (non-hydrogen) atoms. The maximum atomic E-state index is 12.5. The Kier molecular flexibility index (Phi) is 13.5. The van der Waals surface area contributed by atoms with Gasteiger partial charge < -0.3 is 45.6 Å². The number of aromatic amines is 3. The number of carbonyl (C=O) groups excluding carboxylic acids is 4. The van der Waals surface area contributed by atoms with Gasteiger partial charge in [0, 0.05) is 24.7 Å². The van der Waals surface area contributed by atoms with Gasteiger partial charge in [-0.3, -0.25) is 29.4 Å². The van der Waals surface area contributed by atoms with E-state index in [-0.39, 0.29) is 67.0 Å². The largest absolute Gasteiger partial charge is 0.377 e. The van der Waals surface area contributed by atoms with E-state index in [4.69, 9.17) is 14.2 Å². The number of nitrogens with zero attached hydrogens (tertiary/aromatic N) is 4. The number of hydrogen-bond donors (Lipinski definition) is 7. The van der Waals surface area contributed by atoms with Crippen LogP contribution in [0.15, 0.2) is 18.2 Å². The van der Waals surface area contributed by atoms with Crippen LogP contribution < -0.4 is 21.3 Å². The smallest absolute Gasteiger partial charge is 0.343 e. The first-order chi connectivity index (χ1) is 23.2. The molecule has 3 aromatic rings. The molecule has 1 fully saturated rings. The number of carbonyl (C=O) groups is 4. The first-order valence-corrected chi connectivity index (χ1v) is 15.4. The second kappa shape index (κ2) is 18.2. The fourth-order valence-electron chi connectivity index (χ4n) is 4.87. The highest BCUT2D eigenvalue weighted by atomic mass is 16.6. The minimum absolute atomic E-state index is 0.000855. The molecule has 0 saturated heterocycles. The highest BCUT2D eigenvalue weighted by Gasteiger charge is 2.22. The lowest BCUT2D eigenvalue weighted by Crippen LogP contribution is -2.40. The second-order valence-corrected chi connectivity index (χ2v) is 10.9. The molecule has 1 saturated carbocycles. The molecule has 0 bridgehead atoms. The molecule has 4 amide bonds. The van der Waals surface area contributed by atoms with Gasteiger partial charge in [-0.05, 0) is 30.6 Å². The van der Waals surface area contributed by atoms with E-state index in [1.165, 1.54) is 31.4 Å². The van der Waals surface area contributed by atoms with E-state index in [1.54, 1.807) is 0 Å². The van der Waals surface area contributed by atoms with Crippen molar-refractivity contribution >= 4 is 41.1 Å². The summed E-state index contributed by atoms with van der Waals surface area (Å²) in [5.74, 6) is -1.92. The molecular formula is C28H39N11O9. The first-order valence-electron chi connectivity index (χ1n) is 15.4. The third kappa shape index (κ3) is 11.2. The summed E-state index contributed by atoms with van der Waals surface area (Å²) >= 11 is 0. The Labute approximate surface area is 274 Å². The van der Waals surface area contributed by atoms with Crippen LogP contribution in [0.1, 0.15) is 70.5 Å². The van der Waals surface area contributed by atoms with Crippen molar-refractivity contribution in [3.63, 3.8) is 0 Å². The van der Waals surface area contributed by atoms with Crippen LogP contribution in [0.3, 0.4) is 0 Å². The van der Waals surface area contributed by atoms with Crippen molar-refractivity contribution < 1.29 is 38.3 Å². The number of amides is 4. The van der Waals surface area contributed by atoms with Crippen LogP contribution in [-0.4, -0.2) is 111 Å². The average molecular weight is 674 g/mol. The van der Waals surface area contributed by atoms with Crippen molar-refractivity contribution in [3.05, 3.63) is 45.4 Å². The molecule has 20 nitrogen and oxygen atoms in total. The highest BCUT2D eigenvalue weighted by molar-refractivity contribution is 6.05. The summed E-state index contributed by atoms with van der Waals surface area (Å²) in [5, 5.41) is 39.5. The molecule has 1 aliphatic carbocycles. The molecule has 0 aliphatic heterocycles. The summed E-state index contributed by atoms with van der Waals surface area (Å²) in [6, 6.07) is 3.67. The zero-order valence-electron chi connectivity index (χ0n) is 26.3. The Morgan fingerprint density at radius 3 is 2.08 bits per heavy atom. The third-order valence-electron chi connectivity index (χ3n) is 7.38. The Morgan fingerprint density at radius 1 is 0.833 bits per heavy atom. The number of nitrogens with one attached hydrogen (secondary N) is 7. The van der Waals surface area contributed by atoms with E-state index in [1.807, 2.05) is 0 Å². The average Bonchev–Trinajstić information content (AvgIpc) is 3.86. The third-order valence-corrected chi connectivity index (χ3v) is 7.38. The maximum Gasteiger partial charge on any atom is 0.343 e. The van der Waals surface area contributed by atoms with Gasteiger partial charge in [-0.25, -0.2) is 0 Å². The monoisotopic (exact) mass is 673 g/mol. The van der Waals surface area contributed by atoms with Crippen LogP contribution in [-0.2, 0) is 19.0 Å². The van der Waals surface area contributed by atoms with Crippen LogP contribution in [0.2, 0.25) is 0 Å². The minimum Gasteiger partial charge on any atom is -0.377 e. The molecular weight excluding hydrogens is 634 g/mol. The maximum absolute atomic E-state index is 12.5. The van der Waals surface area contributed by atoms with E-state index in [0.29, 0.717) is 25.7 Å². The van der Waals surface area contributed by atoms with E-state index >= 15 is 0 Å². The van der Waals surface area contributed by atoms with Crippen LogP contribution in [0.5, 0.6) is 0 Å². The van der Waals surface area contributed by atoms with Crippen molar-refractivity contribution in [2.24, 2.45) is 5.92 Å². The summed E-state index contributed by atoms with van der Waals surface area (Å²) in [4.78, 5) is 59.2. The van der Waals surface area contributed by atoms with Gasteiger partial charge >= 0.3 is 5.82 Å². The van der Waals surface area contributed by atoms with Gasteiger partial charge in [0.05, 0.1) is 39.1 Å². The number of aromatic nitrogens is 6. The summed E-state index contributed by atoms with van der Waals surface area (Å²) in [6.45, 7) is 3.74. The van der Waals surface area contributed by atoms with Gasteiger partial charge in [-0.1, -0.05) is 24.4 Å². The zero-order valence-corrected chi connectivity index (χ0v) is 26.3. The summed E-state index contributed by atoms with van der Waals surface area (Å²) in [7, 11) is 0. The Balaban J connectivity index is 1.02. The Hall–Kier alpha value is -5.21.